The molecule has 0 bridgehead atoms. The van der Waals surface area contributed by atoms with Gasteiger partial charge in [0.05, 0.1) is 10.6 Å². The minimum absolute atomic E-state index is 0.508. The van der Waals surface area contributed by atoms with E-state index >= 15 is 0 Å². The quantitative estimate of drug-likeness (QED) is 0.664. The molecule has 0 spiro atoms. The van der Waals surface area contributed by atoms with Gasteiger partial charge in [-0.3, -0.25) is 4.98 Å². The molecule has 0 unspecified atom stereocenters. The Morgan fingerprint density at radius 2 is 2.17 bits per heavy atom. The molecule has 0 N–H and O–H groups in total. The first kappa shape index (κ1) is 10.9. The summed E-state index contributed by atoms with van der Waals surface area (Å²) in [6.07, 6.45) is 3.63. The van der Waals surface area contributed by atoms with Gasteiger partial charge in [0.2, 0.25) is 0 Å². The number of rotatable bonds is 1. The summed E-state index contributed by atoms with van der Waals surface area (Å²) >= 11 is 1.43. The van der Waals surface area contributed by atoms with Crippen LogP contribution in [-0.4, -0.2) is 9.97 Å². The lowest BCUT2D eigenvalue weighted by Crippen LogP contribution is -1.82. The molecular formula is C14H9N3S. The molecule has 0 amide bonds. The third kappa shape index (κ3) is 1.66. The van der Waals surface area contributed by atoms with Crippen molar-refractivity contribution in [1.82, 2.24) is 9.97 Å². The zero-order valence-electron chi connectivity index (χ0n) is 9.71. The second kappa shape index (κ2) is 4.21. The van der Waals surface area contributed by atoms with Crippen molar-refractivity contribution < 1.29 is 0 Å². The van der Waals surface area contributed by atoms with Gasteiger partial charge in [-0.25, -0.2) is 4.98 Å². The topological polar surface area (TPSA) is 49.6 Å². The van der Waals surface area contributed by atoms with E-state index in [1.54, 1.807) is 6.20 Å². The Bertz CT molecular complexity index is 763. The van der Waals surface area contributed by atoms with Crippen molar-refractivity contribution in [3.05, 3.63) is 47.4 Å². The molecule has 2 aromatic heterocycles. The number of fused-ring (bicyclic) bond motifs is 1. The maximum absolute atomic E-state index is 8.92. The zero-order chi connectivity index (χ0) is 12.5. The summed E-state index contributed by atoms with van der Waals surface area (Å²) in [5.41, 5.74) is 2.02. The van der Waals surface area contributed by atoms with Crippen LogP contribution in [-0.2, 0) is 0 Å². The van der Waals surface area contributed by atoms with Crippen molar-refractivity contribution >= 4 is 22.1 Å². The molecule has 0 aliphatic heterocycles. The van der Waals surface area contributed by atoms with Crippen molar-refractivity contribution in [2.24, 2.45) is 0 Å². The monoisotopic (exact) mass is 251 g/mol. The maximum atomic E-state index is 8.92. The van der Waals surface area contributed by atoms with Crippen LogP contribution in [0.3, 0.4) is 0 Å². The number of nitrogens with zero attached hydrogens (tertiary/aromatic N) is 3. The zero-order valence-corrected chi connectivity index (χ0v) is 10.5. The molecule has 2 heterocycles. The molecule has 4 heteroatoms. The van der Waals surface area contributed by atoms with Gasteiger partial charge in [-0.05, 0) is 18.4 Å². The lowest BCUT2D eigenvalue weighted by atomic mass is 10.0. The van der Waals surface area contributed by atoms with Crippen LogP contribution < -0.4 is 0 Å². The smallest absolute Gasteiger partial charge is 0.195 e. The molecule has 1 aromatic carbocycles. The van der Waals surface area contributed by atoms with E-state index in [1.807, 2.05) is 31.3 Å². The van der Waals surface area contributed by atoms with Gasteiger partial charge in [-0.2, -0.15) is 5.26 Å². The van der Waals surface area contributed by atoms with Gasteiger partial charge in [-0.15, -0.1) is 11.3 Å². The van der Waals surface area contributed by atoms with E-state index in [4.69, 9.17) is 5.26 Å². The summed E-state index contributed by atoms with van der Waals surface area (Å²) in [5, 5.41) is 11.7. The summed E-state index contributed by atoms with van der Waals surface area (Å²) in [6.45, 7) is 1.94. The van der Waals surface area contributed by atoms with E-state index in [9.17, 15) is 0 Å². The van der Waals surface area contributed by atoms with Crippen LogP contribution in [0.25, 0.3) is 21.2 Å². The Balaban J connectivity index is 2.32. The van der Waals surface area contributed by atoms with Gasteiger partial charge in [0.15, 0.2) is 5.01 Å². The highest BCUT2D eigenvalue weighted by Gasteiger charge is 2.11. The first-order chi connectivity index (χ1) is 8.79. The maximum Gasteiger partial charge on any atom is 0.195 e. The van der Waals surface area contributed by atoms with E-state index in [2.05, 4.69) is 22.1 Å². The summed E-state index contributed by atoms with van der Waals surface area (Å²) in [6, 6.07) is 10.2. The van der Waals surface area contributed by atoms with Gasteiger partial charge in [0.25, 0.3) is 0 Å². The van der Waals surface area contributed by atoms with E-state index in [0.29, 0.717) is 5.01 Å². The van der Waals surface area contributed by atoms with E-state index in [-0.39, 0.29) is 0 Å². The Kier molecular flexibility index (Phi) is 2.54. The number of hydrogen-bond acceptors (Lipinski definition) is 4. The van der Waals surface area contributed by atoms with Gasteiger partial charge in [-0.1, -0.05) is 18.2 Å². The van der Waals surface area contributed by atoms with E-state index < -0.39 is 0 Å². The Morgan fingerprint density at radius 1 is 1.28 bits per heavy atom. The fraction of sp³-hybridized carbons (Fsp3) is 0.0714. The average molecular weight is 251 g/mol. The average Bonchev–Trinajstić information content (AvgIpc) is 2.79. The van der Waals surface area contributed by atoms with Crippen LogP contribution >= 0.6 is 11.3 Å². The fourth-order valence-electron chi connectivity index (χ4n) is 2.01. The largest absolute Gasteiger partial charge is 0.264 e. The van der Waals surface area contributed by atoms with Crippen molar-refractivity contribution in [2.45, 2.75) is 6.92 Å². The summed E-state index contributed by atoms with van der Waals surface area (Å²) < 4.78 is 0. The van der Waals surface area contributed by atoms with Gasteiger partial charge < -0.3 is 0 Å². The van der Waals surface area contributed by atoms with Crippen LogP contribution in [0, 0.1) is 18.3 Å². The molecule has 0 radical (unpaired) electrons. The number of aromatic nitrogens is 2. The Labute approximate surface area is 108 Å². The van der Waals surface area contributed by atoms with Crippen LogP contribution in [0.2, 0.25) is 0 Å². The third-order valence-corrected chi connectivity index (χ3v) is 3.91. The normalized spacial score (nSPS) is 10.4. The minimum Gasteiger partial charge on any atom is -0.264 e. The van der Waals surface area contributed by atoms with E-state index in [0.717, 1.165) is 26.9 Å². The van der Waals surface area contributed by atoms with Crippen LogP contribution in [0.15, 0.2) is 36.7 Å². The Morgan fingerprint density at radius 3 is 2.94 bits per heavy atom. The van der Waals surface area contributed by atoms with Crippen molar-refractivity contribution in [3.8, 4) is 16.5 Å². The van der Waals surface area contributed by atoms with Crippen LogP contribution in [0.1, 0.15) is 10.7 Å². The predicted octanol–water partition coefficient (Wildman–Crippen LogP) is 3.54. The lowest BCUT2D eigenvalue weighted by molar-refractivity contribution is 1.24. The predicted molar refractivity (Wildman–Crippen MR) is 72.3 cm³/mol. The SMILES string of the molecule is Cc1nc(C#N)sc1-c1cccc2cnccc12. The van der Waals surface area contributed by atoms with Crippen LogP contribution in [0.4, 0.5) is 0 Å². The van der Waals surface area contributed by atoms with Crippen molar-refractivity contribution in [3.63, 3.8) is 0 Å². The number of thiazole rings is 1. The molecule has 0 aliphatic carbocycles. The highest BCUT2D eigenvalue weighted by molar-refractivity contribution is 7.15. The second-order valence-corrected chi connectivity index (χ2v) is 4.95. The molecule has 0 fully saturated rings. The first-order valence-electron chi connectivity index (χ1n) is 5.50. The summed E-state index contributed by atoms with van der Waals surface area (Å²) in [5.74, 6) is 0. The van der Waals surface area contributed by atoms with E-state index in [1.165, 1.54) is 11.3 Å². The third-order valence-electron chi connectivity index (χ3n) is 2.82. The molecule has 3 rings (SSSR count). The number of hydrogen-bond donors (Lipinski definition) is 0. The minimum atomic E-state index is 0.508. The summed E-state index contributed by atoms with van der Waals surface area (Å²) in [4.78, 5) is 9.44. The van der Waals surface area contributed by atoms with Crippen LogP contribution in [0.5, 0.6) is 0 Å². The van der Waals surface area contributed by atoms with Crippen molar-refractivity contribution in [2.75, 3.05) is 0 Å². The molecule has 86 valence electrons. The molecular weight excluding hydrogens is 242 g/mol. The fourth-order valence-corrected chi connectivity index (χ4v) is 2.92. The molecule has 18 heavy (non-hydrogen) atoms. The summed E-state index contributed by atoms with van der Waals surface area (Å²) in [7, 11) is 0. The standard InChI is InChI=1S/C14H9N3S/c1-9-14(18-13(7-15)17-9)12-4-2-3-10-8-16-6-5-11(10)12/h2-6,8H,1H3. The van der Waals surface area contributed by atoms with Gasteiger partial charge in [0.1, 0.15) is 6.07 Å². The molecule has 0 saturated carbocycles. The molecule has 3 nitrogen and oxygen atoms in total. The van der Waals surface area contributed by atoms with Gasteiger partial charge >= 0.3 is 0 Å². The highest BCUT2D eigenvalue weighted by Crippen LogP contribution is 2.34. The number of aryl methyl sites for hydroxylation is 1. The van der Waals surface area contributed by atoms with Crippen molar-refractivity contribution in [1.29, 1.82) is 5.26 Å². The molecule has 3 aromatic rings. The number of pyridine rings is 1. The number of benzene rings is 1. The molecule has 0 atom stereocenters. The second-order valence-electron chi connectivity index (χ2n) is 3.95. The Hall–Kier alpha value is -2.25. The lowest BCUT2D eigenvalue weighted by Gasteiger charge is -2.04. The molecule has 0 aliphatic rings. The first-order valence-corrected chi connectivity index (χ1v) is 6.32. The van der Waals surface area contributed by atoms with Gasteiger partial charge in [0, 0.05) is 23.3 Å². The number of nitriles is 1. The highest BCUT2D eigenvalue weighted by atomic mass is 32.1. The molecule has 0 saturated heterocycles.